The van der Waals surface area contributed by atoms with Crippen LogP contribution in [0, 0.1) is 0 Å². The normalized spacial score (nSPS) is 12.7. The van der Waals surface area contributed by atoms with Crippen molar-refractivity contribution in [2.75, 3.05) is 25.7 Å². The molecule has 0 fully saturated rings. The van der Waals surface area contributed by atoms with Gasteiger partial charge in [-0.1, -0.05) is 16.8 Å². The summed E-state index contributed by atoms with van der Waals surface area (Å²) < 4.78 is 15.9. The van der Waals surface area contributed by atoms with E-state index in [4.69, 9.17) is 25.6 Å². The van der Waals surface area contributed by atoms with E-state index >= 15 is 0 Å². The van der Waals surface area contributed by atoms with Crippen molar-refractivity contribution < 1.29 is 18.8 Å². The molecule has 7 nitrogen and oxygen atoms in total. The van der Waals surface area contributed by atoms with E-state index in [0.717, 1.165) is 17.7 Å². The number of hydrogen-bond acceptors (Lipinski definition) is 6. The summed E-state index contributed by atoms with van der Waals surface area (Å²) in [7, 11) is 3.16. The maximum absolute atomic E-state index is 12.7. The van der Waals surface area contributed by atoms with Crippen LogP contribution in [0.15, 0.2) is 40.9 Å². The fourth-order valence-electron chi connectivity index (χ4n) is 3.43. The van der Waals surface area contributed by atoms with E-state index < -0.39 is 0 Å². The van der Waals surface area contributed by atoms with Crippen LogP contribution in [0.3, 0.4) is 0 Å². The third kappa shape index (κ3) is 3.91. The van der Waals surface area contributed by atoms with Gasteiger partial charge in [-0.05, 0) is 42.3 Å². The molecule has 1 aliphatic heterocycles. The molecule has 0 aliphatic carbocycles. The van der Waals surface area contributed by atoms with Gasteiger partial charge in [-0.25, -0.2) is 0 Å². The molecule has 0 spiro atoms. The summed E-state index contributed by atoms with van der Waals surface area (Å²) in [4.78, 5) is 18.9. The molecule has 0 N–H and O–H groups in total. The van der Waals surface area contributed by atoms with E-state index in [2.05, 4.69) is 10.1 Å². The minimum absolute atomic E-state index is 0.0212. The molecule has 0 saturated carbocycles. The number of benzene rings is 2. The number of methoxy groups -OCH3 is 2. The predicted molar refractivity (Wildman–Crippen MR) is 109 cm³/mol. The van der Waals surface area contributed by atoms with E-state index in [0.29, 0.717) is 46.8 Å². The summed E-state index contributed by atoms with van der Waals surface area (Å²) in [6, 6.07) is 11.0. The van der Waals surface area contributed by atoms with E-state index in [1.807, 2.05) is 18.2 Å². The maximum atomic E-state index is 12.7. The molecule has 1 aliphatic rings. The van der Waals surface area contributed by atoms with Crippen molar-refractivity contribution >= 4 is 23.2 Å². The number of aromatic nitrogens is 2. The summed E-state index contributed by atoms with van der Waals surface area (Å²) >= 11 is 6.04. The van der Waals surface area contributed by atoms with E-state index in [1.165, 1.54) is 0 Å². The van der Waals surface area contributed by atoms with Crippen LogP contribution in [-0.4, -0.2) is 36.8 Å². The number of halogens is 1. The van der Waals surface area contributed by atoms with Crippen LogP contribution in [0.1, 0.15) is 17.9 Å². The number of aryl methyl sites for hydroxylation is 1. The molecule has 29 heavy (non-hydrogen) atoms. The van der Waals surface area contributed by atoms with Gasteiger partial charge in [-0.15, -0.1) is 0 Å². The molecular weight excluding hydrogens is 394 g/mol. The van der Waals surface area contributed by atoms with Gasteiger partial charge < -0.3 is 18.9 Å². The van der Waals surface area contributed by atoms with E-state index in [-0.39, 0.29) is 12.3 Å². The highest BCUT2D eigenvalue weighted by molar-refractivity contribution is 6.30. The number of carbonyl (C=O) groups excluding carboxylic acids is 1. The van der Waals surface area contributed by atoms with E-state index in [1.54, 1.807) is 37.3 Å². The first kappa shape index (κ1) is 19.3. The Balaban J connectivity index is 1.44. The molecule has 0 unspecified atom stereocenters. The molecular formula is C21H20ClN3O4. The molecule has 0 atom stereocenters. The summed E-state index contributed by atoms with van der Waals surface area (Å²) in [6.45, 7) is 0.659. The van der Waals surface area contributed by atoms with Gasteiger partial charge in [0.25, 0.3) is 0 Å². The minimum Gasteiger partial charge on any atom is -0.497 e. The molecule has 1 amide bonds. The third-order valence-corrected chi connectivity index (χ3v) is 5.14. The zero-order valence-corrected chi connectivity index (χ0v) is 16.9. The van der Waals surface area contributed by atoms with Crippen molar-refractivity contribution in [3.8, 4) is 22.9 Å². The molecule has 3 aromatic rings. The first-order valence-corrected chi connectivity index (χ1v) is 9.60. The van der Waals surface area contributed by atoms with Gasteiger partial charge in [-0.2, -0.15) is 4.98 Å². The Morgan fingerprint density at radius 1 is 1.21 bits per heavy atom. The zero-order chi connectivity index (χ0) is 20.4. The number of nitrogens with zero attached hydrogens (tertiary/aromatic N) is 3. The van der Waals surface area contributed by atoms with Gasteiger partial charge in [-0.3, -0.25) is 4.79 Å². The Morgan fingerprint density at radius 2 is 2.07 bits per heavy atom. The molecule has 4 rings (SSSR count). The Bertz CT molecular complexity index is 1050. The molecule has 150 valence electrons. The number of fused-ring (bicyclic) bond motifs is 1. The van der Waals surface area contributed by atoms with Crippen molar-refractivity contribution in [3.63, 3.8) is 0 Å². The highest BCUT2D eigenvalue weighted by atomic mass is 35.5. The Labute approximate surface area is 173 Å². The second-order valence-electron chi connectivity index (χ2n) is 6.65. The lowest BCUT2D eigenvalue weighted by molar-refractivity contribution is -0.118. The molecule has 1 aromatic heterocycles. The molecule has 0 bridgehead atoms. The first-order chi connectivity index (χ1) is 14.1. The number of carbonyl (C=O) groups is 1. The number of ether oxygens (including phenoxy) is 2. The van der Waals surface area contributed by atoms with Crippen molar-refractivity contribution in [1.82, 2.24) is 10.1 Å². The van der Waals surface area contributed by atoms with Crippen molar-refractivity contribution in [2.24, 2.45) is 0 Å². The highest BCUT2D eigenvalue weighted by Gasteiger charge is 2.25. The van der Waals surface area contributed by atoms with Gasteiger partial charge in [0.05, 0.1) is 19.8 Å². The van der Waals surface area contributed by atoms with Crippen LogP contribution in [0.2, 0.25) is 5.02 Å². The number of rotatable bonds is 6. The largest absolute Gasteiger partial charge is 0.497 e. The number of hydrogen-bond donors (Lipinski definition) is 0. The van der Waals surface area contributed by atoms with Gasteiger partial charge in [0.2, 0.25) is 17.6 Å². The Morgan fingerprint density at radius 3 is 2.86 bits per heavy atom. The minimum atomic E-state index is 0.0212. The van der Waals surface area contributed by atoms with Crippen LogP contribution in [-0.2, 0) is 17.6 Å². The van der Waals surface area contributed by atoms with Crippen molar-refractivity contribution in [1.29, 1.82) is 0 Å². The SMILES string of the molecule is COc1ccc(-c2noc(CCC(=O)N3CCc4cc(Cl)ccc43)n2)c(OC)c1. The van der Waals surface area contributed by atoms with Crippen LogP contribution in [0.25, 0.3) is 11.4 Å². The smallest absolute Gasteiger partial charge is 0.227 e. The second-order valence-corrected chi connectivity index (χ2v) is 7.08. The van der Waals surface area contributed by atoms with Crippen LogP contribution in [0.5, 0.6) is 11.5 Å². The fraction of sp³-hybridized carbons (Fsp3) is 0.286. The second kappa shape index (κ2) is 8.13. The number of anilines is 1. The number of amides is 1. The van der Waals surface area contributed by atoms with E-state index in [9.17, 15) is 4.79 Å². The standard InChI is InChI=1S/C21H20ClN3O4/c1-27-15-4-5-16(18(12-15)28-2)21-23-19(29-24-21)7-8-20(26)25-10-9-13-11-14(22)3-6-17(13)25/h3-6,11-12H,7-10H2,1-2H3. The van der Waals surface area contributed by atoms with Crippen molar-refractivity contribution in [2.45, 2.75) is 19.3 Å². The van der Waals surface area contributed by atoms with Gasteiger partial charge >= 0.3 is 0 Å². The van der Waals surface area contributed by atoms with Crippen LogP contribution < -0.4 is 14.4 Å². The molecule has 0 radical (unpaired) electrons. The van der Waals surface area contributed by atoms with Crippen LogP contribution >= 0.6 is 11.6 Å². The lowest BCUT2D eigenvalue weighted by Gasteiger charge is -2.16. The average Bonchev–Trinajstić information content (AvgIpc) is 3.38. The molecule has 8 heteroatoms. The summed E-state index contributed by atoms with van der Waals surface area (Å²) in [5.41, 5.74) is 2.71. The topological polar surface area (TPSA) is 77.7 Å². The highest BCUT2D eigenvalue weighted by Crippen LogP contribution is 2.32. The lowest BCUT2D eigenvalue weighted by Crippen LogP contribution is -2.29. The Kier molecular flexibility index (Phi) is 5.40. The zero-order valence-electron chi connectivity index (χ0n) is 16.1. The van der Waals surface area contributed by atoms with Gasteiger partial charge in [0, 0.05) is 36.2 Å². The van der Waals surface area contributed by atoms with Gasteiger partial charge in [0.1, 0.15) is 11.5 Å². The molecule has 0 saturated heterocycles. The third-order valence-electron chi connectivity index (χ3n) is 4.91. The molecule has 2 heterocycles. The van der Waals surface area contributed by atoms with Crippen LogP contribution in [0.4, 0.5) is 5.69 Å². The van der Waals surface area contributed by atoms with Gasteiger partial charge in [0.15, 0.2) is 0 Å². The quantitative estimate of drug-likeness (QED) is 0.609. The monoisotopic (exact) mass is 413 g/mol. The van der Waals surface area contributed by atoms with Crippen molar-refractivity contribution in [3.05, 3.63) is 52.9 Å². The average molecular weight is 414 g/mol. The lowest BCUT2D eigenvalue weighted by atomic mass is 10.1. The maximum Gasteiger partial charge on any atom is 0.227 e. The Hall–Kier alpha value is -3.06. The summed E-state index contributed by atoms with van der Waals surface area (Å²) in [5.74, 6) is 2.09. The molecule has 2 aromatic carbocycles. The summed E-state index contributed by atoms with van der Waals surface area (Å²) in [5, 5.41) is 4.71. The predicted octanol–water partition coefficient (Wildman–Crippen LogP) is 3.93. The first-order valence-electron chi connectivity index (χ1n) is 9.23. The summed E-state index contributed by atoms with van der Waals surface area (Å²) in [6.07, 6.45) is 1.46. The fourth-order valence-corrected chi connectivity index (χ4v) is 3.62.